The Bertz CT molecular complexity index is 1300. The van der Waals surface area contributed by atoms with Gasteiger partial charge in [-0.1, -0.05) is 18.2 Å². The molecule has 0 radical (unpaired) electrons. The van der Waals surface area contributed by atoms with E-state index in [-0.39, 0.29) is 17.9 Å². The average Bonchev–Trinajstić information content (AvgIpc) is 3.42. The molecule has 3 aromatic rings. The van der Waals surface area contributed by atoms with Crippen LogP contribution in [0, 0.1) is 12.8 Å². The van der Waals surface area contributed by atoms with E-state index in [9.17, 15) is 14.7 Å². The number of nitrogens with zero attached hydrogens (tertiary/aromatic N) is 3. The summed E-state index contributed by atoms with van der Waals surface area (Å²) >= 11 is 1.58. The molecule has 8 heteroatoms. The van der Waals surface area contributed by atoms with Gasteiger partial charge in [-0.15, -0.1) is 11.3 Å². The molecule has 2 aliphatic heterocycles. The average molecular weight is 534 g/mol. The Balaban J connectivity index is 1.27. The summed E-state index contributed by atoms with van der Waals surface area (Å²) in [5, 5.41) is 12.3. The van der Waals surface area contributed by atoms with Gasteiger partial charge in [0, 0.05) is 42.2 Å². The van der Waals surface area contributed by atoms with Crippen molar-refractivity contribution in [1.82, 2.24) is 9.88 Å². The lowest BCUT2D eigenvalue weighted by Gasteiger charge is -2.36. The number of carbonyl (C=O) groups excluding carboxylic acids is 1. The number of carboxylic acids is 1. The van der Waals surface area contributed by atoms with Crippen LogP contribution < -0.4 is 9.64 Å². The number of thiazole rings is 1. The van der Waals surface area contributed by atoms with Crippen molar-refractivity contribution < 1.29 is 19.4 Å². The van der Waals surface area contributed by atoms with Gasteiger partial charge in [0.1, 0.15) is 12.4 Å². The van der Waals surface area contributed by atoms with E-state index in [4.69, 9.17) is 9.72 Å². The van der Waals surface area contributed by atoms with Gasteiger partial charge in [-0.05, 0) is 81.3 Å². The van der Waals surface area contributed by atoms with Crippen LogP contribution >= 0.6 is 11.3 Å². The van der Waals surface area contributed by atoms with Crippen LogP contribution in [0.1, 0.15) is 60.5 Å². The first kappa shape index (κ1) is 26.2. The van der Waals surface area contributed by atoms with Gasteiger partial charge < -0.3 is 19.6 Å². The number of benzene rings is 2. The third-order valence-corrected chi connectivity index (χ3v) is 8.62. The van der Waals surface area contributed by atoms with Crippen molar-refractivity contribution in [2.75, 3.05) is 24.5 Å². The minimum absolute atomic E-state index is 0.117. The molecule has 2 aliphatic rings. The highest BCUT2D eigenvalue weighted by Crippen LogP contribution is 2.36. The summed E-state index contributed by atoms with van der Waals surface area (Å²) in [6.07, 6.45) is 4.63. The minimum atomic E-state index is -0.708. The molecule has 1 amide bonds. The second kappa shape index (κ2) is 11.6. The van der Waals surface area contributed by atoms with Crippen molar-refractivity contribution in [3.05, 3.63) is 64.5 Å². The number of hydrogen-bond donors (Lipinski definition) is 1. The van der Waals surface area contributed by atoms with Crippen LogP contribution in [-0.4, -0.2) is 52.5 Å². The van der Waals surface area contributed by atoms with Crippen LogP contribution in [0.4, 0.5) is 5.13 Å². The number of rotatable bonds is 7. The summed E-state index contributed by atoms with van der Waals surface area (Å²) in [6.45, 7) is 6.88. The number of aryl methyl sites for hydroxylation is 1. The number of aromatic nitrogens is 1. The summed E-state index contributed by atoms with van der Waals surface area (Å²) in [7, 11) is 0. The molecule has 200 valence electrons. The highest BCUT2D eigenvalue weighted by molar-refractivity contribution is 7.14. The molecule has 2 saturated heterocycles. The second-order valence-corrected chi connectivity index (χ2v) is 11.2. The van der Waals surface area contributed by atoms with Crippen molar-refractivity contribution in [1.29, 1.82) is 0 Å². The fourth-order valence-corrected chi connectivity index (χ4v) is 6.38. The van der Waals surface area contributed by atoms with E-state index in [1.54, 1.807) is 11.3 Å². The highest BCUT2D eigenvalue weighted by atomic mass is 32.1. The summed E-state index contributed by atoms with van der Waals surface area (Å²) in [4.78, 5) is 33.4. The third-order valence-electron chi connectivity index (χ3n) is 7.74. The molecule has 2 aromatic carbocycles. The first-order chi connectivity index (χ1) is 18.4. The van der Waals surface area contributed by atoms with E-state index >= 15 is 0 Å². The van der Waals surface area contributed by atoms with Gasteiger partial charge in [-0.2, -0.15) is 0 Å². The van der Waals surface area contributed by atoms with Gasteiger partial charge in [-0.25, -0.2) is 4.98 Å². The SMILES string of the molecule is Cc1cc(C(=O)N2CCCCC2)ccc1COc1ccccc1-c1csc(N2CCC(C(=O)O)CC2C)n1. The highest BCUT2D eigenvalue weighted by Gasteiger charge is 2.31. The van der Waals surface area contributed by atoms with Crippen LogP contribution in [0.2, 0.25) is 0 Å². The summed E-state index contributed by atoms with van der Waals surface area (Å²) in [6, 6.07) is 13.9. The number of ether oxygens (including phenoxy) is 1. The lowest BCUT2D eigenvalue weighted by Crippen LogP contribution is -2.42. The van der Waals surface area contributed by atoms with Crippen molar-refractivity contribution in [3.63, 3.8) is 0 Å². The zero-order chi connectivity index (χ0) is 26.6. The molecule has 5 rings (SSSR count). The molecule has 0 aliphatic carbocycles. The zero-order valence-corrected chi connectivity index (χ0v) is 22.9. The second-order valence-electron chi connectivity index (χ2n) is 10.4. The number of aliphatic carboxylic acids is 1. The van der Waals surface area contributed by atoms with Gasteiger partial charge in [-0.3, -0.25) is 9.59 Å². The standard InChI is InChI=1S/C30H35N3O4S/c1-20-16-22(28(34)32-13-6-3-7-14-32)10-11-24(20)18-37-27-9-5-4-8-25(27)26-19-38-30(31-26)33-15-12-23(29(35)36)17-21(33)2/h4-5,8-11,16,19,21,23H,3,6-7,12-15,17-18H2,1-2H3,(H,35,36). The fraction of sp³-hybridized carbons (Fsp3) is 0.433. The number of anilines is 1. The minimum Gasteiger partial charge on any atom is -0.488 e. The quantitative estimate of drug-likeness (QED) is 0.400. The van der Waals surface area contributed by atoms with Crippen molar-refractivity contribution in [3.8, 4) is 17.0 Å². The first-order valence-electron chi connectivity index (χ1n) is 13.5. The molecule has 2 atom stereocenters. The van der Waals surface area contributed by atoms with E-state index in [1.165, 1.54) is 6.42 Å². The molecular formula is C30H35N3O4S. The summed E-state index contributed by atoms with van der Waals surface area (Å²) in [5.74, 6) is -0.114. The van der Waals surface area contributed by atoms with Gasteiger partial charge in [0.05, 0.1) is 11.6 Å². The third kappa shape index (κ3) is 5.70. The molecule has 0 saturated carbocycles. The Hall–Kier alpha value is -3.39. The maximum atomic E-state index is 12.9. The molecule has 2 fully saturated rings. The van der Waals surface area contributed by atoms with Gasteiger partial charge in [0.25, 0.3) is 5.91 Å². The molecule has 0 spiro atoms. The van der Waals surface area contributed by atoms with Gasteiger partial charge in [0.15, 0.2) is 5.13 Å². The number of carbonyl (C=O) groups is 2. The molecule has 3 heterocycles. The number of para-hydroxylation sites is 1. The van der Waals surface area contributed by atoms with Crippen LogP contribution in [0.15, 0.2) is 47.8 Å². The van der Waals surface area contributed by atoms with E-state index < -0.39 is 5.97 Å². The first-order valence-corrected chi connectivity index (χ1v) is 14.3. The number of carboxylic acid groups (broad SMARTS) is 1. The smallest absolute Gasteiger partial charge is 0.306 e. The number of hydrogen-bond acceptors (Lipinski definition) is 6. The number of amides is 1. The monoisotopic (exact) mass is 533 g/mol. The predicted molar refractivity (Wildman–Crippen MR) is 150 cm³/mol. The van der Waals surface area contributed by atoms with E-state index in [1.807, 2.05) is 59.7 Å². The Morgan fingerprint density at radius 1 is 1.11 bits per heavy atom. The predicted octanol–water partition coefficient (Wildman–Crippen LogP) is 6.01. The Labute approximate surface area is 228 Å². The van der Waals surface area contributed by atoms with Gasteiger partial charge >= 0.3 is 5.97 Å². The Kier molecular flexibility index (Phi) is 7.98. The van der Waals surface area contributed by atoms with E-state index in [0.29, 0.717) is 26.0 Å². The van der Waals surface area contributed by atoms with E-state index in [2.05, 4.69) is 11.8 Å². The fourth-order valence-electron chi connectivity index (χ4n) is 5.43. The lowest BCUT2D eigenvalue weighted by molar-refractivity contribution is -0.142. The van der Waals surface area contributed by atoms with Gasteiger partial charge in [0.2, 0.25) is 0 Å². The number of likely N-dealkylation sites (tertiary alicyclic amines) is 1. The number of piperidine rings is 2. The van der Waals surface area contributed by atoms with Crippen molar-refractivity contribution >= 4 is 28.3 Å². The maximum Gasteiger partial charge on any atom is 0.306 e. The molecule has 2 unspecified atom stereocenters. The molecule has 1 aromatic heterocycles. The molecule has 7 nitrogen and oxygen atoms in total. The van der Waals surface area contributed by atoms with Crippen molar-refractivity contribution in [2.24, 2.45) is 5.92 Å². The maximum absolute atomic E-state index is 12.9. The van der Waals surface area contributed by atoms with Crippen LogP contribution in [0.5, 0.6) is 5.75 Å². The molecule has 1 N–H and O–H groups in total. The summed E-state index contributed by atoms with van der Waals surface area (Å²) in [5.41, 5.74) is 4.61. The zero-order valence-electron chi connectivity index (χ0n) is 22.1. The summed E-state index contributed by atoms with van der Waals surface area (Å²) < 4.78 is 6.28. The lowest BCUT2D eigenvalue weighted by atomic mass is 9.92. The molecule has 38 heavy (non-hydrogen) atoms. The van der Waals surface area contributed by atoms with E-state index in [0.717, 1.165) is 64.8 Å². The van der Waals surface area contributed by atoms with Crippen molar-refractivity contribution in [2.45, 2.75) is 58.6 Å². The topological polar surface area (TPSA) is 83.0 Å². The molecule has 0 bridgehead atoms. The largest absolute Gasteiger partial charge is 0.488 e. The Morgan fingerprint density at radius 3 is 2.63 bits per heavy atom. The normalized spacial score (nSPS) is 19.8. The van der Waals surface area contributed by atoms with Crippen LogP contribution in [0.25, 0.3) is 11.3 Å². The Morgan fingerprint density at radius 2 is 1.89 bits per heavy atom. The molecular weight excluding hydrogens is 498 g/mol. The van der Waals surface area contributed by atoms with Crippen LogP contribution in [0.3, 0.4) is 0 Å². The van der Waals surface area contributed by atoms with Crippen LogP contribution in [-0.2, 0) is 11.4 Å².